The first-order valence-corrected chi connectivity index (χ1v) is 4.46. The Morgan fingerprint density at radius 3 is 3.07 bits per heavy atom. The van der Waals surface area contributed by atoms with Crippen LogP contribution in [-0.4, -0.2) is 25.0 Å². The maximum absolute atomic E-state index is 13.3. The first-order valence-electron chi connectivity index (χ1n) is 4.08. The lowest BCUT2D eigenvalue weighted by Crippen LogP contribution is -1.97. The van der Waals surface area contributed by atoms with Gasteiger partial charge in [0.15, 0.2) is 0 Å². The maximum Gasteiger partial charge on any atom is 0.260 e. The van der Waals surface area contributed by atoms with Gasteiger partial charge in [-0.3, -0.25) is 0 Å². The van der Waals surface area contributed by atoms with Crippen molar-refractivity contribution in [2.45, 2.75) is 0 Å². The second-order valence-electron chi connectivity index (χ2n) is 2.95. The van der Waals surface area contributed by atoms with Crippen molar-refractivity contribution in [3.05, 3.63) is 29.2 Å². The largest absolute Gasteiger partial charge is 0.260 e. The van der Waals surface area contributed by atoms with E-state index in [0.29, 0.717) is 16.1 Å². The third-order valence-corrected chi connectivity index (χ3v) is 2.27. The first kappa shape index (κ1) is 8.49. The van der Waals surface area contributed by atoms with Crippen molar-refractivity contribution in [1.82, 2.24) is 25.0 Å². The predicted molar refractivity (Wildman–Crippen MR) is 51.1 cm³/mol. The molecular formula is C8H3ClFN5. The molecule has 0 aliphatic rings. The predicted octanol–water partition coefficient (Wildman–Crippen LogP) is 1.46. The van der Waals surface area contributed by atoms with Crippen molar-refractivity contribution in [2.75, 3.05) is 0 Å². The van der Waals surface area contributed by atoms with Crippen LogP contribution in [0.1, 0.15) is 0 Å². The number of hydrogen-bond donors (Lipinski definition) is 0. The van der Waals surface area contributed by atoms with E-state index < -0.39 is 5.95 Å². The Morgan fingerprint density at radius 1 is 1.33 bits per heavy atom. The van der Waals surface area contributed by atoms with E-state index in [1.54, 1.807) is 18.2 Å². The summed E-state index contributed by atoms with van der Waals surface area (Å²) in [6, 6.07) is 4.88. The number of fused-ring (bicyclic) bond motifs is 3. The molecule has 0 N–H and O–H groups in total. The summed E-state index contributed by atoms with van der Waals surface area (Å²) < 4.78 is 14.6. The standard InChI is InChI=1S/C8H3ClFN5/c9-4-1-2-5-6(3-4)15-8(7(10)11-5)12-13-14-15/h1-3H. The molecule has 3 rings (SSSR count). The van der Waals surface area contributed by atoms with Crippen molar-refractivity contribution in [3.63, 3.8) is 0 Å². The molecule has 0 unspecified atom stereocenters. The number of nitrogens with zero attached hydrogens (tertiary/aromatic N) is 5. The Morgan fingerprint density at radius 2 is 2.20 bits per heavy atom. The quantitative estimate of drug-likeness (QED) is 0.579. The van der Waals surface area contributed by atoms with Crippen LogP contribution in [0.15, 0.2) is 18.2 Å². The monoisotopic (exact) mass is 223 g/mol. The van der Waals surface area contributed by atoms with Gasteiger partial charge in [-0.15, -0.1) is 5.10 Å². The lowest BCUT2D eigenvalue weighted by molar-refractivity contribution is 0.590. The molecule has 0 fully saturated rings. The third-order valence-electron chi connectivity index (χ3n) is 2.04. The molecular weight excluding hydrogens is 221 g/mol. The second kappa shape index (κ2) is 2.83. The molecule has 2 aromatic heterocycles. The molecule has 1 aromatic carbocycles. The topological polar surface area (TPSA) is 56.0 Å². The van der Waals surface area contributed by atoms with E-state index in [1.807, 2.05) is 0 Å². The lowest BCUT2D eigenvalue weighted by atomic mass is 10.3. The molecule has 2 heterocycles. The molecule has 0 aliphatic heterocycles. The summed E-state index contributed by atoms with van der Waals surface area (Å²) in [5.41, 5.74) is 1.02. The fraction of sp³-hybridized carbons (Fsp3) is 0. The van der Waals surface area contributed by atoms with E-state index in [9.17, 15) is 4.39 Å². The zero-order chi connectivity index (χ0) is 10.4. The molecule has 0 bridgehead atoms. The highest BCUT2D eigenvalue weighted by Gasteiger charge is 2.10. The second-order valence-corrected chi connectivity index (χ2v) is 3.39. The highest BCUT2D eigenvalue weighted by Crippen LogP contribution is 2.18. The van der Waals surface area contributed by atoms with Gasteiger partial charge in [-0.1, -0.05) is 11.6 Å². The van der Waals surface area contributed by atoms with E-state index >= 15 is 0 Å². The zero-order valence-electron chi connectivity index (χ0n) is 7.22. The number of halogens is 2. The number of benzene rings is 1. The minimum absolute atomic E-state index is 0.00948. The van der Waals surface area contributed by atoms with Gasteiger partial charge in [0.25, 0.3) is 5.95 Å². The molecule has 3 aromatic rings. The van der Waals surface area contributed by atoms with Crippen LogP contribution in [0, 0.1) is 5.95 Å². The minimum Gasteiger partial charge on any atom is -0.215 e. The summed E-state index contributed by atoms with van der Waals surface area (Å²) in [6.07, 6.45) is 0. The number of hydrogen-bond acceptors (Lipinski definition) is 4. The van der Waals surface area contributed by atoms with Gasteiger partial charge < -0.3 is 0 Å². The van der Waals surface area contributed by atoms with E-state index in [1.165, 1.54) is 4.52 Å². The van der Waals surface area contributed by atoms with E-state index in [-0.39, 0.29) is 5.65 Å². The molecule has 7 heteroatoms. The van der Waals surface area contributed by atoms with Gasteiger partial charge in [0, 0.05) is 5.02 Å². The van der Waals surface area contributed by atoms with Crippen molar-refractivity contribution >= 4 is 28.3 Å². The van der Waals surface area contributed by atoms with Crippen LogP contribution >= 0.6 is 11.6 Å². The van der Waals surface area contributed by atoms with Crippen LogP contribution in [-0.2, 0) is 0 Å². The molecule has 0 amide bonds. The molecule has 0 spiro atoms. The average molecular weight is 224 g/mol. The van der Waals surface area contributed by atoms with Gasteiger partial charge in [0.05, 0.1) is 11.0 Å². The van der Waals surface area contributed by atoms with Gasteiger partial charge in [0.2, 0.25) is 5.65 Å². The van der Waals surface area contributed by atoms with E-state index in [4.69, 9.17) is 11.6 Å². The lowest BCUT2D eigenvalue weighted by Gasteiger charge is -1.99. The molecule has 0 atom stereocenters. The molecule has 5 nitrogen and oxygen atoms in total. The number of tetrazole rings is 1. The smallest absolute Gasteiger partial charge is 0.215 e. The number of rotatable bonds is 0. The Balaban J connectivity index is 2.61. The summed E-state index contributed by atoms with van der Waals surface area (Å²) in [7, 11) is 0. The highest BCUT2D eigenvalue weighted by atomic mass is 35.5. The van der Waals surface area contributed by atoms with E-state index in [2.05, 4.69) is 20.5 Å². The van der Waals surface area contributed by atoms with Crippen LogP contribution in [0.3, 0.4) is 0 Å². The SMILES string of the molecule is Fc1nc2ccc(Cl)cc2n2nnnc12. The Labute approximate surface area is 87.5 Å². The Kier molecular flexibility index (Phi) is 1.60. The van der Waals surface area contributed by atoms with E-state index in [0.717, 1.165) is 0 Å². The van der Waals surface area contributed by atoms with Crippen molar-refractivity contribution in [1.29, 1.82) is 0 Å². The first-order chi connectivity index (χ1) is 7.25. The summed E-state index contributed by atoms with van der Waals surface area (Å²) in [5.74, 6) is -0.699. The van der Waals surface area contributed by atoms with Crippen LogP contribution in [0.5, 0.6) is 0 Å². The van der Waals surface area contributed by atoms with Crippen LogP contribution in [0.4, 0.5) is 4.39 Å². The summed E-state index contributed by atoms with van der Waals surface area (Å²) >= 11 is 5.82. The van der Waals surface area contributed by atoms with Crippen molar-refractivity contribution < 1.29 is 4.39 Å². The third kappa shape index (κ3) is 1.15. The molecule has 0 saturated carbocycles. The average Bonchev–Trinajstić information content (AvgIpc) is 2.69. The molecule has 0 radical (unpaired) electrons. The van der Waals surface area contributed by atoms with Gasteiger partial charge in [-0.2, -0.15) is 8.91 Å². The van der Waals surface area contributed by atoms with Gasteiger partial charge in [-0.25, -0.2) is 4.98 Å². The molecule has 0 saturated heterocycles. The van der Waals surface area contributed by atoms with Gasteiger partial charge in [-0.05, 0) is 28.6 Å². The van der Waals surface area contributed by atoms with Crippen LogP contribution < -0.4 is 0 Å². The summed E-state index contributed by atoms with van der Waals surface area (Å²) in [6.45, 7) is 0. The minimum atomic E-state index is -0.699. The van der Waals surface area contributed by atoms with Crippen LogP contribution in [0.25, 0.3) is 16.7 Å². The maximum atomic E-state index is 13.3. The Bertz CT molecular complexity index is 664. The normalized spacial score (nSPS) is 11.3. The highest BCUT2D eigenvalue weighted by molar-refractivity contribution is 6.31. The fourth-order valence-electron chi connectivity index (χ4n) is 1.39. The fourth-order valence-corrected chi connectivity index (χ4v) is 1.56. The number of aromatic nitrogens is 5. The Hall–Kier alpha value is -1.82. The summed E-state index contributed by atoms with van der Waals surface area (Å²) in [5, 5.41) is 11.1. The zero-order valence-corrected chi connectivity index (χ0v) is 7.98. The van der Waals surface area contributed by atoms with Gasteiger partial charge in [0.1, 0.15) is 0 Å². The molecule has 0 aliphatic carbocycles. The van der Waals surface area contributed by atoms with Crippen LogP contribution in [0.2, 0.25) is 5.02 Å². The molecule has 74 valence electrons. The van der Waals surface area contributed by atoms with Crippen molar-refractivity contribution in [3.8, 4) is 0 Å². The molecule has 15 heavy (non-hydrogen) atoms. The summed E-state index contributed by atoms with van der Waals surface area (Å²) in [4.78, 5) is 3.73. The van der Waals surface area contributed by atoms with Gasteiger partial charge >= 0.3 is 0 Å². The van der Waals surface area contributed by atoms with Crippen molar-refractivity contribution in [2.24, 2.45) is 0 Å².